The molecule has 1 atom stereocenters. The molecule has 1 heterocycles. The summed E-state index contributed by atoms with van der Waals surface area (Å²) in [6, 6.07) is 9.06. The Morgan fingerprint density at radius 3 is 2.60 bits per heavy atom. The van der Waals surface area contributed by atoms with E-state index in [0.717, 1.165) is 26.0 Å². The molecule has 0 aromatic heterocycles. The van der Waals surface area contributed by atoms with Crippen molar-refractivity contribution in [1.82, 2.24) is 5.32 Å². The molecule has 2 nitrogen and oxygen atoms in total. The van der Waals surface area contributed by atoms with Crippen LogP contribution in [0.4, 0.5) is 0 Å². The number of ether oxygens (including phenoxy) is 1. The van der Waals surface area contributed by atoms with Gasteiger partial charge in [0.15, 0.2) is 0 Å². The molecule has 0 aliphatic carbocycles. The van der Waals surface area contributed by atoms with Gasteiger partial charge in [-0.25, -0.2) is 0 Å². The van der Waals surface area contributed by atoms with Crippen LogP contribution in [0.25, 0.3) is 0 Å². The van der Waals surface area contributed by atoms with Gasteiger partial charge < -0.3 is 10.1 Å². The number of benzene rings is 1. The van der Waals surface area contributed by atoms with Crippen molar-refractivity contribution < 1.29 is 4.74 Å². The minimum absolute atomic E-state index is 0.153. The first kappa shape index (κ1) is 15.1. The number of hydrogen-bond donors (Lipinski definition) is 1. The first-order chi connectivity index (χ1) is 9.54. The molecule has 0 radical (unpaired) electrons. The Morgan fingerprint density at radius 1 is 1.25 bits per heavy atom. The maximum Gasteiger partial charge on any atom is 0.0876 e. The normalized spacial score (nSPS) is 17.3. The largest absolute Gasteiger partial charge is 0.501 e. The van der Waals surface area contributed by atoms with E-state index in [0.29, 0.717) is 0 Å². The number of hydrogen-bond acceptors (Lipinski definition) is 2. The summed E-state index contributed by atoms with van der Waals surface area (Å²) in [7, 11) is 0. The topological polar surface area (TPSA) is 21.3 Å². The van der Waals surface area contributed by atoms with E-state index < -0.39 is 0 Å². The smallest absolute Gasteiger partial charge is 0.0876 e. The molecule has 0 saturated heterocycles. The van der Waals surface area contributed by atoms with Gasteiger partial charge in [-0.3, -0.25) is 0 Å². The molecule has 0 amide bonds. The average molecular weight is 273 g/mol. The van der Waals surface area contributed by atoms with Gasteiger partial charge in [0.25, 0.3) is 0 Å². The summed E-state index contributed by atoms with van der Waals surface area (Å²) in [5.74, 6) is 0. The van der Waals surface area contributed by atoms with Crippen LogP contribution in [0.2, 0.25) is 0 Å². The van der Waals surface area contributed by atoms with E-state index in [2.05, 4.69) is 57.3 Å². The Kier molecular flexibility index (Phi) is 4.87. The summed E-state index contributed by atoms with van der Waals surface area (Å²) in [6.45, 7) is 10.8. The molecule has 0 fully saturated rings. The summed E-state index contributed by atoms with van der Waals surface area (Å²) in [5, 5.41) is 3.63. The summed E-state index contributed by atoms with van der Waals surface area (Å²) in [6.07, 6.45) is 4.21. The molecular weight excluding hydrogens is 246 g/mol. The first-order valence-electron chi connectivity index (χ1n) is 7.67. The highest BCUT2D eigenvalue weighted by molar-refractivity contribution is 5.39. The Bertz CT molecular complexity index is 471. The minimum atomic E-state index is 0.153. The van der Waals surface area contributed by atoms with E-state index in [9.17, 15) is 0 Å². The summed E-state index contributed by atoms with van der Waals surface area (Å²) < 4.78 is 5.55. The summed E-state index contributed by atoms with van der Waals surface area (Å²) >= 11 is 0. The fraction of sp³-hybridized carbons (Fsp3) is 0.556. The van der Waals surface area contributed by atoms with Crippen LogP contribution in [-0.4, -0.2) is 13.2 Å². The van der Waals surface area contributed by atoms with E-state index >= 15 is 0 Å². The minimum Gasteiger partial charge on any atom is -0.501 e. The van der Waals surface area contributed by atoms with Gasteiger partial charge in [-0.1, -0.05) is 52.0 Å². The molecule has 0 bridgehead atoms. The SMILES string of the molecule is CCNC(C1=COCCC1)c1ccccc1C(C)(C)C. The molecule has 1 aromatic rings. The number of likely N-dealkylation sites (N-methyl/N-ethyl adjacent to an activating group) is 1. The van der Waals surface area contributed by atoms with Gasteiger partial charge in [0, 0.05) is 0 Å². The van der Waals surface area contributed by atoms with Crippen LogP contribution in [-0.2, 0) is 10.2 Å². The van der Waals surface area contributed by atoms with Crippen molar-refractivity contribution in [1.29, 1.82) is 0 Å². The van der Waals surface area contributed by atoms with Gasteiger partial charge in [0.2, 0.25) is 0 Å². The standard InChI is InChI=1S/C18H27NO/c1-5-19-17(14-9-8-12-20-13-14)15-10-6-7-11-16(15)18(2,3)4/h6-7,10-11,13,17,19H,5,8-9,12H2,1-4H3. The fourth-order valence-electron chi connectivity index (χ4n) is 2.87. The van der Waals surface area contributed by atoms with E-state index in [1.165, 1.54) is 16.7 Å². The molecule has 2 heteroatoms. The van der Waals surface area contributed by atoms with E-state index in [-0.39, 0.29) is 11.5 Å². The van der Waals surface area contributed by atoms with Gasteiger partial charge >= 0.3 is 0 Å². The molecule has 1 aliphatic rings. The molecule has 1 N–H and O–H groups in total. The molecular formula is C18H27NO. The van der Waals surface area contributed by atoms with Crippen molar-refractivity contribution in [2.45, 2.75) is 52.0 Å². The van der Waals surface area contributed by atoms with Crippen LogP contribution in [0.1, 0.15) is 57.7 Å². The third-order valence-corrected chi connectivity index (χ3v) is 3.82. The Labute approximate surface area is 123 Å². The highest BCUT2D eigenvalue weighted by Gasteiger charge is 2.25. The van der Waals surface area contributed by atoms with Crippen molar-refractivity contribution in [3.8, 4) is 0 Å². The Morgan fingerprint density at radius 2 is 2.00 bits per heavy atom. The molecule has 110 valence electrons. The Hall–Kier alpha value is -1.28. The van der Waals surface area contributed by atoms with Crippen molar-refractivity contribution in [2.75, 3.05) is 13.2 Å². The quantitative estimate of drug-likeness (QED) is 0.881. The zero-order valence-corrected chi connectivity index (χ0v) is 13.2. The number of nitrogens with one attached hydrogen (secondary N) is 1. The van der Waals surface area contributed by atoms with Gasteiger partial charge in [0.1, 0.15) is 0 Å². The maximum atomic E-state index is 5.55. The number of rotatable bonds is 4. The third kappa shape index (κ3) is 3.43. The van der Waals surface area contributed by atoms with E-state index in [1.54, 1.807) is 0 Å². The van der Waals surface area contributed by atoms with Crippen LogP contribution in [0, 0.1) is 0 Å². The van der Waals surface area contributed by atoms with Crippen molar-refractivity contribution in [3.63, 3.8) is 0 Å². The van der Waals surface area contributed by atoms with Crippen LogP contribution < -0.4 is 5.32 Å². The second-order valence-electron chi connectivity index (χ2n) is 6.50. The highest BCUT2D eigenvalue weighted by atomic mass is 16.5. The lowest BCUT2D eigenvalue weighted by atomic mass is 9.80. The average Bonchev–Trinajstić information content (AvgIpc) is 2.45. The molecule has 0 saturated carbocycles. The lowest BCUT2D eigenvalue weighted by molar-refractivity contribution is 0.219. The first-order valence-corrected chi connectivity index (χ1v) is 7.67. The van der Waals surface area contributed by atoms with Crippen molar-refractivity contribution in [2.24, 2.45) is 0 Å². The van der Waals surface area contributed by atoms with E-state index in [4.69, 9.17) is 4.74 Å². The molecule has 2 rings (SSSR count). The van der Waals surface area contributed by atoms with Gasteiger partial charge in [-0.2, -0.15) is 0 Å². The molecule has 1 aliphatic heterocycles. The molecule has 20 heavy (non-hydrogen) atoms. The lowest BCUT2D eigenvalue weighted by Crippen LogP contribution is -2.27. The third-order valence-electron chi connectivity index (χ3n) is 3.82. The summed E-state index contributed by atoms with van der Waals surface area (Å²) in [5.41, 5.74) is 4.33. The zero-order valence-electron chi connectivity index (χ0n) is 13.2. The zero-order chi connectivity index (χ0) is 14.6. The molecule has 1 aromatic carbocycles. The molecule has 0 spiro atoms. The maximum absolute atomic E-state index is 5.55. The van der Waals surface area contributed by atoms with Gasteiger partial charge in [-0.05, 0) is 41.5 Å². The fourth-order valence-corrected chi connectivity index (χ4v) is 2.87. The monoisotopic (exact) mass is 273 g/mol. The van der Waals surface area contributed by atoms with Crippen LogP contribution in [0.3, 0.4) is 0 Å². The predicted molar refractivity (Wildman–Crippen MR) is 84.8 cm³/mol. The van der Waals surface area contributed by atoms with Crippen molar-refractivity contribution >= 4 is 0 Å². The highest BCUT2D eigenvalue weighted by Crippen LogP contribution is 2.34. The molecule has 1 unspecified atom stereocenters. The van der Waals surface area contributed by atoms with Crippen LogP contribution in [0.5, 0.6) is 0 Å². The lowest BCUT2D eigenvalue weighted by Gasteiger charge is -2.30. The van der Waals surface area contributed by atoms with Gasteiger partial charge in [0.05, 0.1) is 18.9 Å². The second-order valence-corrected chi connectivity index (χ2v) is 6.50. The van der Waals surface area contributed by atoms with Crippen LogP contribution in [0.15, 0.2) is 36.1 Å². The van der Waals surface area contributed by atoms with Crippen LogP contribution >= 0.6 is 0 Å². The Balaban J connectivity index is 2.41. The van der Waals surface area contributed by atoms with E-state index in [1.807, 2.05) is 6.26 Å². The van der Waals surface area contributed by atoms with Crippen molar-refractivity contribution in [3.05, 3.63) is 47.2 Å². The van der Waals surface area contributed by atoms with Gasteiger partial charge in [-0.15, -0.1) is 0 Å². The second kappa shape index (κ2) is 6.45. The summed E-state index contributed by atoms with van der Waals surface area (Å²) in [4.78, 5) is 0. The predicted octanol–water partition coefficient (Wildman–Crippen LogP) is 4.33.